The Labute approximate surface area is 143 Å². The molecule has 0 bridgehead atoms. The van der Waals surface area contributed by atoms with Crippen molar-refractivity contribution in [2.45, 2.75) is 26.2 Å². The van der Waals surface area contributed by atoms with Crippen molar-refractivity contribution in [1.29, 1.82) is 0 Å². The molecule has 6 heteroatoms. The lowest BCUT2D eigenvalue weighted by Crippen LogP contribution is -2.03. The van der Waals surface area contributed by atoms with Crippen molar-refractivity contribution in [3.63, 3.8) is 0 Å². The maximum atomic E-state index is 12.2. The van der Waals surface area contributed by atoms with Gasteiger partial charge in [-0.1, -0.05) is 25.1 Å². The maximum absolute atomic E-state index is 12.2. The average Bonchev–Trinajstić information content (AvgIpc) is 3.21. The number of aromatic nitrogens is 1. The molecular formula is C18H17N3O2S. The van der Waals surface area contributed by atoms with Gasteiger partial charge in [-0.25, -0.2) is 9.78 Å². The van der Waals surface area contributed by atoms with Crippen LogP contribution >= 0.6 is 11.3 Å². The Morgan fingerprint density at radius 2 is 2.25 bits per heavy atom. The lowest BCUT2D eigenvalue weighted by molar-refractivity contribution is 0.563. The first-order valence-electron chi connectivity index (χ1n) is 7.99. The zero-order valence-corrected chi connectivity index (χ0v) is 14.1. The minimum absolute atomic E-state index is 0.374. The monoisotopic (exact) mass is 339 g/mol. The van der Waals surface area contributed by atoms with Gasteiger partial charge in [0, 0.05) is 16.5 Å². The van der Waals surface area contributed by atoms with Gasteiger partial charge in [0.05, 0.1) is 11.3 Å². The summed E-state index contributed by atoms with van der Waals surface area (Å²) in [7, 11) is 0. The number of thiazole rings is 1. The van der Waals surface area contributed by atoms with Gasteiger partial charge in [0.2, 0.25) is 5.13 Å². The van der Waals surface area contributed by atoms with Crippen molar-refractivity contribution in [3.8, 4) is 11.3 Å². The highest BCUT2D eigenvalue weighted by Crippen LogP contribution is 2.26. The van der Waals surface area contributed by atoms with Crippen LogP contribution in [0.4, 0.5) is 5.13 Å². The second-order valence-electron chi connectivity index (χ2n) is 6.16. The highest BCUT2D eigenvalue weighted by molar-refractivity contribution is 7.14. The molecule has 1 saturated carbocycles. The van der Waals surface area contributed by atoms with Gasteiger partial charge in [-0.15, -0.1) is 11.3 Å². The summed E-state index contributed by atoms with van der Waals surface area (Å²) in [6.07, 6.45) is 3.28. The van der Waals surface area contributed by atoms with Gasteiger partial charge >= 0.3 is 5.63 Å². The van der Waals surface area contributed by atoms with Crippen LogP contribution in [0.15, 0.2) is 50.0 Å². The Morgan fingerprint density at radius 3 is 3.08 bits per heavy atom. The Bertz CT molecular complexity index is 974. The molecule has 1 unspecified atom stereocenters. The SMILES string of the molecule is CC1CC/C(=N/Nc2nc(-c3cc4ccccc4oc3=O)cs2)C1. The molecule has 0 spiro atoms. The number of hydrogen-bond donors (Lipinski definition) is 1. The van der Waals surface area contributed by atoms with Gasteiger partial charge in [0.1, 0.15) is 5.58 Å². The topological polar surface area (TPSA) is 67.5 Å². The van der Waals surface area contributed by atoms with Crippen molar-refractivity contribution in [3.05, 3.63) is 46.1 Å². The molecule has 3 aromatic rings. The fourth-order valence-corrected chi connectivity index (χ4v) is 3.59. The predicted octanol–water partition coefficient (Wildman–Crippen LogP) is 4.50. The van der Waals surface area contributed by atoms with Gasteiger partial charge in [0.25, 0.3) is 0 Å². The first-order valence-corrected chi connectivity index (χ1v) is 8.87. The molecule has 24 heavy (non-hydrogen) atoms. The Hall–Kier alpha value is -2.47. The third-order valence-electron chi connectivity index (χ3n) is 4.24. The van der Waals surface area contributed by atoms with Crippen LogP contribution in [0.1, 0.15) is 26.2 Å². The Kier molecular flexibility index (Phi) is 3.90. The fraction of sp³-hybridized carbons (Fsp3) is 0.278. The van der Waals surface area contributed by atoms with E-state index in [0.29, 0.717) is 27.9 Å². The van der Waals surface area contributed by atoms with Crippen molar-refractivity contribution >= 4 is 33.1 Å². The highest BCUT2D eigenvalue weighted by atomic mass is 32.1. The molecule has 1 fully saturated rings. The molecule has 0 aliphatic heterocycles. The normalized spacial score (nSPS) is 19.2. The van der Waals surface area contributed by atoms with Gasteiger partial charge in [-0.05, 0) is 37.3 Å². The van der Waals surface area contributed by atoms with Crippen LogP contribution in [-0.4, -0.2) is 10.7 Å². The van der Waals surface area contributed by atoms with E-state index >= 15 is 0 Å². The minimum Gasteiger partial charge on any atom is -0.422 e. The second-order valence-corrected chi connectivity index (χ2v) is 7.02. The lowest BCUT2D eigenvalue weighted by Gasteiger charge is -1.99. The van der Waals surface area contributed by atoms with Gasteiger partial charge in [-0.3, -0.25) is 5.43 Å². The summed E-state index contributed by atoms with van der Waals surface area (Å²) in [6, 6.07) is 9.29. The molecule has 1 aliphatic carbocycles. The molecule has 2 aromatic heterocycles. The quantitative estimate of drug-likeness (QED) is 0.563. The molecule has 1 N–H and O–H groups in total. The third-order valence-corrected chi connectivity index (χ3v) is 4.99. The number of benzene rings is 1. The summed E-state index contributed by atoms with van der Waals surface area (Å²) < 4.78 is 5.37. The molecule has 4 rings (SSSR count). The molecule has 1 atom stereocenters. The van der Waals surface area contributed by atoms with E-state index in [1.54, 1.807) is 6.07 Å². The van der Waals surface area contributed by atoms with Crippen LogP contribution in [0, 0.1) is 5.92 Å². The molecule has 1 aromatic carbocycles. The molecule has 122 valence electrons. The number of hydrogen-bond acceptors (Lipinski definition) is 6. The zero-order chi connectivity index (χ0) is 16.5. The summed E-state index contributed by atoms with van der Waals surface area (Å²) >= 11 is 1.43. The lowest BCUT2D eigenvalue weighted by atomic mass is 10.1. The van der Waals surface area contributed by atoms with E-state index < -0.39 is 0 Å². The van der Waals surface area contributed by atoms with E-state index in [2.05, 4.69) is 22.4 Å². The van der Waals surface area contributed by atoms with Crippen molar-refractivity contribution in [1.82, 2.24) is 4.98 Å². The smallest absolute Gasteiger partial charge is 0.345 e. The van der Waals surface area contributed by atoms with Gasteiger partial charge in [-0.2, -0.15) is 5.10 Å². The van der Waals surface area contributed by atoms with Crippen LogP contribution in [0.25, 0.3) is 22.2 Å². The maximum Gasteiger partial charge on any atom is 0.345 e. The molecule has 0 radical (unpaired) electrons. The van der Waals surface area contributed by atoms with Gasteiger partial charge in [0.15, 0.2) is 0 Å². The first kappa shape index (κ1) is 15.1. The average molecular weight is 339 g/mol. The number of nitrogens with zero attached hydrogens (tertiary/aromatic N) is 2. The van der Waals surface area contributed by atoms with Crippen LogP contribution in [0.2, 0.25) is 0 Å². The number of rotatable bonds is 3. The van der Waals surface area contributed by atoms with Crippen molar-refractivity contribution in [2.24, 2.45) is 11.0 Å². The summed E-state index contributed by atoms with van der Waals surface area (Å²) in [4.78, 5) is 16.7. The Morgan fingerprint density at radius 1 is 1.38 bits per heavy atom. The van der Waals surface area contributed by atoms with Crippen LogP contribution < -0.4 is 11.1 Å². The number of nitrogens with one attached hydrogen (secondary N) is 1. The molecule has 2 heterocycles. The summed E-state index contributed by atoms with van der Waals surface area (Å²) in [5, 5.41) is 7.85. The largest absolute Gasteiger partial charge is 0.422 e. The van der Waals surface area contributed by atoms with Crippen molar-refractivity contribution in [2.75, 3.05) is 5.43 Å². The minimum atomic E-state index is -0.374. The number of anilines is 1. The fourth-order valence-electron chi connectivity index (χ4n) is 2.94. The molecular weight excluding hydrogens is 322 g/mol. The molecule has 1 aliphatic rings. The number of fused-ring (bicyclic) bond motifs is 1. The summed E-state index contributed by atoms with van der Waals surface area (Å²) in [6.45, 7) is 2.24. The van der Waals surface area contributed by atoms with E-state index in [-0.39, 0.29) is 5.63 Å². The third kappa shape index (κ3) is 2.97. The number of para-hydroxylation sites is 1. The second kappa shape index (κ2) is 6.20. The van der Waals surface area contributed by atoms with Gasteiger partial charge < -0.3 is 4.42 Å². The summed E-state index contributed by atoms with van der Waals surface area (Å²) in [5.74, 6) is 0.708. The number of hydrazone groups is 1. The van der Waals surface area contributed by atoms with E-state index in [4.69, 9.17) is 4.42 Å². The zero-order valence-electron chi connectivity index (χ0n) is 13.3. The van der Waals surface area contributed by atoms with Crippen LogP contribution in [-0.2, 0) is 0 Å². The standard InChI is InChI=1S/C18H17N3O2S/c1-11-6-7-13(8-11)20-21-18-19-15(10-24-18)14-9-12-4-2-3-5-16(12)23-17(14)22/h2-5,9-11H,6-8H2,1H3,(H,19,21)/b20-13-. The summed E-state index contributed by atoms with van der Waals surface area (Å²) in [5.41, 5.74) is 5.50. The first-order chi connectivity index (χ1) is 11.7. The highest BCUT2D eigenvalue weighted by Gasteiger charge is 2.16. The molecule has 0 saturated heterocycles. The van der Waals surface area contributed by atoms with E-state index in [0.717, 1.165) is 18.2 Å². The van der Waals surface area contributed by atoms with E-state index in [9.17, 15) is 4.79 Å². The molecule has 0 amide bonds. The van der Waals surface area contributed by atoms with E-state index in [1.807, 2.05) is 29.6 Å². The van der Waals surface area contributed by atoms with E-state index in [1.165, 1.54) is 23.5 Å². The van der Waals surface area contributed by atoms with Crippen LogP contribution in [0.3, 0.4) is 0 Å². The van der Waals surface area contributed by atoms with Crippen molar-refractivity contribution < 1.29 is 4.42 Å². The Balaban J connectivity index is 1.61. The van der Waals surface area contributed by atoms with Crippen LogP contribution in [0.5, 0.6) is 0 Å². The predicted molar refractivity (Wildman–Crippen MR) is 97.7 cm³/mol. The molecule has 5 nitrogen and oxygen atoms in total.